The standard InChI is InChI=1S/C16H12FN5O2S/c17-12-4-2-1-3-11(12)14-20-16-22(21-14)10(9-25-16)5-7-18-15(23)13-6-8-19-24-13/h1-4,6,8-9H,5,7H2,(H,18,23). The maximum atomic E-state index is 13.9. The third-order valence-corrected chi connectivity index (χ3v) is 4.46. The average Bonchev–Trinajstić information content (AvgIpc) is 3.33. The quantitative estimate of drug-likeness (QED) is 0.593. The number of carbonyl (C=O) groups is 1. The summed E-state index contributed by atoms with van der Waals surface area (Å²) in [6.45, 7) is 0.403. The lowest BCUT2D eigenvalue weighted by Gasteiger charge is -2.01. The van der Waals surface area contributed by atoms with E-state index in [4.69, 9.17) is 4.52 Å². The van der Waals surface area contributed by atoms with E-state index < -0.39 is 0 Å². The molecule has 4 rings (SSSR count). The van der Waals surface area contributed by atoms with Gasteiger partial charge in [0.25, 0.3) is 5.91 Å². The van der Waals surface area contributed by atoms with Crippen molar-refractivity contribution in [1.29, 1.82) is 0 Å². The van der Waals surface area contributed by atoms with Gasteiger partial charge in [0.1, 0.15) is 5.82 Å². The summed E-state index contributed by atoms with van der Waals surface area (Å²) in [5.74, 6) is -0.175. The summed E-state index contributed by atoms with van der Waals surface area (Å²) in [5.41, 5.74) is 1.25. The molecule has 0 saturated heterocycles. The van der Waals surface area contributed by atoms with Crippen LogP contribution in [0, 0.1) is 5.82 Å². The summed E-state index contributed by atoms with van der Waals surface area (Å²) < 4.78 is 20.4. The smallest absolute Gasteiger partial charge is 0.289 e. The van der Waals surface area contributed by atoms with Crippen LogP contribution < -0.4 is 5.32 Å². The Balaban J connectivity index is 1.49. The molecule has 0 radical (unpaired) electrons. The molecule has 0 spiro atoms. The number of halogens is 1. The van der Waals surface area contributed by atoms with Crippen molar-refractivity contribution in [2.75, 3.05) is 6.54 Å². The number of hydrogen-bond donors (Lipinski definition) is 1. The second kappa shape index (κ2) is 6.44. The number of aromatic nitrogens is 4. The SMILES string of the molecule is O=C(NCCc1csc2nc(-c3ccccc3F)nn12)c1ccno1. The second-order valence-electron chi connectivity index (χ2n) is 5.22. The summed E-state index contributed by atoms with van der Waals surface area (Å²) >= 11 is 1.42. The van der Waals surface area contributed by atoms with Crippen molar-refractivity contribution >= 4 is 22.2 Å². The summed E-state index contributed by atoms with van der Waals surface area (Å²) in [4.78, 5) is 16.8. The van der Waals surface area contributed by atoms with Crippen LogP contribution in [-0.2, 0) is 6.42 Å². The van der Waals surface area contributed by atoms with Crippen molar-refractivity contribution in [2.45, 2.75) is 6.42 Å². The van der Waals surface area contributed by atoms with Crippen LogP contribution in [-0.4, -0.2) is 32.2 Å². The molecule has 1 N–H and O–H groups in total. The molecule has 0 bridgehead atoms. The van der Waals surface area contributed by atoms with Gasteiger partial charge in [0.15, 0.2) is 5.82 Å². The van der Waals surface area contributed by atoms with Crippen LogP contribution >= 0.6 is 11.3 Å². The number of hydrogen-bond acceptors (Lipinski definition) is 6. The number of nitrogens with one attached hydrogen (secondary N) is 1. The minimum atomic E-state index is -0.360. The molecule has 1 amide bonds. The first-order chi connectivity index (χ1) is 12.2. The Morgan fingerprint density at radius 2 is 2.20 bits per heavy atom. The van der Waals surface area contributed by atoms with Crippen LogP contribution in [0.3, 0.4) is 0 Å². The predicted octanol–water partition coefficient (Wildman–Crippen LogP) is 2.56. The molecule has 0 aliphatic heterocycles. The molecular formula is C16H12FN5O2S. The van der Waals surface area contributed by atoms with E-state index in [-0.39, 0.29) is 17.5 Å². The molecule has 0 aliphatic rings. The van der Waals surface area contributed by atoms with Crippen LogP contribution in [0.1, 0.15) is 16.2 Å². The molecule has 126 valence electrons. The van der Waals surface area contributed by atoms with E-state index in [2.05, 4.69) is 20.6 Å². The number of benzene rings is 1. The van der Waals surface area contributed by atoms with Gasteiger partial charge in [0.05, 0.1) is 17.5 Å². The van der Waals surface area contributed by atoms with Crippen molar-refractivity contribution < 1.29 is 13.7 Å². The van der Waals surface area contributed by atoms with Gasteiger partial charge in [-0.05, 0) is 12.1 Å². The number of rotatable bonds is 5. The van der Waals surface area contributed by atoms with Crippen molar-refractivity contribution in [3.63, 3.8) is 0 Å². The molecule has 3 heterocycles. The Morgan fingerprint density at radius 1 is 1.32 bits per heavy atom. The van der Waals surface area contributed by atoms with E-state index in [9.17, 15) is 9.18 Å². The Hall–Kier alpha value is -3.07. The number of thiazole rings is 1. The van der Waals surface area contributed by atoms with Crippen LogP contribution in [0.2, 0.25) is 0 Å². The molecule has 9 heteroatoms. The lowest BCUT2D eigenvalue weighted by Crippen LogP contribution is -2.25. The van der Waals surface area contributed by atoms with Gasteiger partial charge in [0.2, 0.25) is 10.7 Å². The molecule has 7 nitrogen and oxygen atoms in total. The Kier molecular flexibility index (Phi) is 3.98. The topological polar surface area (TPSA) is 85.3 Å². The number of nitrogens with zero attached hydrogens (tertiary/aromatic N) is 4. The summed E-state index contributed by atoms with van der Waals surface area (Å²) in [7, 11) is 0. The van der Waals surface area contributed by atoms with Gasteiger partial charge in [-0.15, -0.1) is 16.4 Å². The maximum absolute atomic E-state index is 13.9. The lowest BCUT2D eigenvalue weighted by atomic mass is 10.2. The predicted molar refractivity (Wildman–Crippen MR) is 88.8 cm³/mol. The van der Waals surface area contributed by atoms with Crippen molar-refractivity contribution in [2.24, 2.45) is 0 Å². The van der Waals surface area contributed by atoms with Gasteiger partial charge in [-0.2, -0.15) is 4.98 Å². The summed E-state index contributed by atoms with van der Waals surface area (Å²) in [6, 6.07) is 7.89. The largest absolute Gasteiger partial charge is 0.351 e. The van der Waals surface area contributed by atoms with E-state index in [0.717, 1.165) is 5.69 Å². The van der Waals surface area contributed by atoms with Crippen molar-refractivity contribution in [3.05, 3.63) is 59.2 Å². The monoisotopic (exact) mass is 357 g/mol. The number of carbonyl (C=O) groups excluding carboxylic acids is 1. The first kappa shape index (κ1) is 15.5. The average molecular weight is 357 g/mol. The minimum Gasteiger partial charge on any atom is -0.351 e. The third kappa shape index (κ3) is 3.01. The highest BCUT2D eigenvalue weighted by Crippen LogP contribution is 2.23. The Labute approximate surface area is 145 Å². The first-order valence-corrected chi connectivity index (χ1v) is 8.37. The zero-order chi connectivity index (χ0) is 17.2. The molecule has 1 aromatic carbocycles. The second-order valence-corrected chi connectivity index (χ2v) is 6.06. The van der Waals surface area contributed by atoms with E-state index in [1.165, 1.54) is 29.7 Å². The van der Waals surface area contributed by atoms with Crippen molar-refractivity contribution in [1.82, 2.24) is 25.1 Å². The van der Waals surface area contributed by atoms with E-state index in [1.54, 1.807) is 22.7 Å². The normalized spacial score (nSPS) is 11.1. The van der Waals surface area contributed by atoms with E-state index in [0.29, 0.717) is 29.3 Å². The highest BCUT2D eigenvalue weighted by atomic mass is 32.1. The molecular weight excluding hydrogens is 345 g/mol. The van der Waals surface area contributed by atoms with Crippen LogP contribution in [0.4, 0.5) is 4.39 Å². The summed E-state index contributed by atoms with van der Waals surface area (Å²) in [6.07, 6.45) is 1.97. The fourth-order valence-electron chi connectivity index (χ4n) is 2.38. The molecule has 4 aromatic rings. The lowest BCUT2D eigenvalue weighted by molar-refractivity contribution is 0.0917. The zero-order valence-corrected chi connectivity index (χ0v) is 13.7. The molecule has 25 heavy (non-hydrogen) atoms. The van der Waals surface area contributed by atoms with Crippen molar-refractivity contribution in [3.8, 4) is 11.4 Å². The highest BCUT2D eigenvalue weighted by Gasteiger charge is 2.14. The van der Waals surface area contributed by atoms with Crippen LogP contribution in [0.15, 0.2) is 46.4 Å². The molecule has 0 unspecified atom stereocenters. The van der Waals surface area contributed by atoms with Gasteiger partial charge >= 0.3 is 0 Å². The number of amides is 1. The molecule has 3 aromatic heterocycles. The van der Waals surface area contributed by atoms with Crippen LogP contribution in [0.25, 0.3) is 16.3 Å². The zero-order valence-electron chi connectivity index (χ0n) is 12.8. The summed E-state index contributed by atoms with van der Waals surface area (Å²) in [5, 5.41) is 12.5. The third-order valence-electron chi connectivity index (χ3n) is 3.59. The maximum Gasteiger partial charge on any atom is 0.289 e. The van der Waals surface area contributed by atoms with Crippen LogP contribution in [0.5, 0.6) is 0 Å². The van der Waals surface area contributed by atoms with Gasteiger partial charge in [-0.25, -0.2) is 8.91 Å². The van der Waals surface area contributed by atoms with Gasteiger partial charge in [0, 0.05) is 24.4 Å². The first-order valence-electron chi connectivity index (χ1n) is 7.49. The van der Waals surface area contributed by atoms with E-state index in [1.807, 2.05) is 5.38 Å². The van der Waals surface area contributed by atoms with Gasteiger partial charge in [-0.1, -0.05) is 17.3 Å². The Morgan fingerprint density at radius 3 is 3.00 bits per heavy atom. The fraction of sp³-hybridized carbons (Fsp3) is 0.125. The highest BCUT2D eigenvalue weighted by molar-refractivity contribution is 7.15. The molecule has 0 fully saturated rings. The van der Waals surface area contributed by atoms with E-state index >= 15 is 0 Å². The Bertz CT molecular complexity index is 1020. The fourth-order valence-corrected chi connectivity index (χ4v) is 3.23. The minimum absolute atomic E-state index is 0.165. The van der Waals surface area contributed by atoms with Gasteiger partial charge < -0.3 is 9.84 Å². The molecule has 0 saturated carbocycles. The molecule has 0 aliphatic carbocycles. The van der Waals surface area contributed by atoms with Gasteiger partial charge in [-0.3, -0.25) is 4.79 Å². The number of fused-ring (bicyclic) bond motifs is 1. The molecule has 0 atom stereocenters.